The number of pyridine rings is 1. The average molecular weight is 287 g/mol. The molecule has 0 aliphatic heterocycles. The molecule has 0 atom stereocenters. The number of nitrogens with one attached hydrogen (secondary N) is 1. The first-order valence-corrected chi connectivity index (χ1v) is 6.65. The molecule has 1 heterocycles. The lowest BCUT2D eigenvalue weighted by atomic mass is 10.2. The van der Waals surface area contributed by atoms with E-state index in [0.717, 1.165) is 22.6 Å². The Kier molecular flexibility index (Phi) is 4.53. The highest BCUT2D eigenvalue weighted by Crippen LogP contribution is 2.17. The first-order valence-electron chi connectivity index (χ1n) is 6.24. The smallest absolute Gasteiger partial charge is 0.136 e. The van der Waals surface area contributed by atoms with E-state index in [1.807, 2.05) is 43.3 Å². The van der Waals surface area contributed by atoms with Gasteiger partial charge >= 0.3 is 0 Å². The molecule has 0 saturated heterocycles. The second kappa shape index (κ2) is 6.34. The van der Waals surface area contributed by atoms with E-state index in [0.29, 0.717) is 17.4 Å². The van der Waals surface area contributed by atoms with E-state index in [2.05, 4.69) is 10.3 Å². The fraction of sp³-hybridized carbons (Fsp3) is 0.200. The number of aryl methyl sites for hydroxylation is 1. The van der Waals surface area contributed by atoms with Gasteiger partial charge in [0.2, 0.25) is 0 Å². The second-order valence-electron chi connectivity index (χ2n) is 4.42. The van der Waals surface area contributed by atoms with Gasteiger partial charge in [-0.25, -0.2) is 4.98 Å². The van der Waals surface area contributed by atoms with Gasteiger partial charge in [0.25, 0.3) is 0 Å². The molecule has 0 unspecified atom stereocenters. The van der Waals surface area contributed by atoms with Crippen molar-refractivity contribution in [1.82, 2.24) is 4.98 Å². The number of hydrogen-bond donors (Lipinski definition) is 2. The van der Waals surface area contributed by atoms with Crippen LogP contribution < -0.4 is 15.8 Å². The first-order chi connectivity index (χ1) is 9.60. The van der Waals surface area contributed by atoms with Gasteiger partial charge in [0.05, 0.1) is 12.7 Å². The topological polar surface area (TPSA) is 60.2 Å². The van der Waals surface area contributed by atoms with Crippen LogP contribution >= 0.6 is 12.2 Å². The first kappa shape index (κ1) is 14.3. The minimum Gasteiger partial charge on any atom is -0.497 e. The molecule has 3 N–H and O–H groups in total. The molecule has 1 aromatic carbocycles. The van der Waals surface area contributed by atoms with Gasteiger partial charge in [-0.15, -0.1) is 0 Å². The van der Waals surface area contributed by atoms with Crippen LogP contribution in [0.3, 0.4) is 0 Å². The fourth-order valence-electron chi connectivity index (χ4n) is 1.86. The Morgan fingerprint density at radius 3 is 2.85 bits per heavy atom. The summed E-state index contributed by atoms with van der Waals surface area (Å²) in [5.41, 5.74) is 8.48. The summed E-state index contributed by atoms with van der Waals surface area (Å²) in [4.78, 5) is 4.78. The maximum absolute atomic E-state index is 5.71. The van der Waals surface area contributed by atoms with Crippen molar-refractivity contribution in [2.45, 2.75) is 13.5 Å². The summed E-state index contributed by atoms with van der Waals surface area (Å²) in [6, 6.07) is 11.6. The third kappa shape index (κ3) is 3.45. The van der Waals surface area contributed by atoms with E-state index < -0.39 is 0 Å². The summed E-state index contributed by atoms with van der Waals surface area (Å²) in [6.07, 6.45) is 0. The number of nitrogens with zero attached hydrogens (tertiary/aromatic N) is 1. The molecule has 0 spiro atoms. The average Bonchev–Trinajstić information content (AvgIpc) is 2.45. The molecule has 104 valence electrons. The van der Waals surface area contributed by atoms with Crippen LogP contribution in [-0.2, 0) is 6.54 Å². The van der Waals surface area contributed by atoms with Crippen LogP contribution in [0.15, 0.2) is 36.4 Å². The molecule has 0 amide bonds. The largest absolute Gasteiger partial charge is 0.497 e. The van der Waals surface area contributed by atoms with Crippen LogP contribution in [0.4, 0.5) is 5.82 Å². The Bertz CT molecular complexity index is 628. The molecular formula is C15H17N3OS. The molecule has 4 nitrogen and oxygen atoms in total. The number of hydrogen-bond acceptors (Lipinski definition) is 4. The van der Waals surface area contributed by atoms with Crippen molar-refractivity contribution in [1.29, 1.82) is 0 Å². The Morgan fingerprint density at radius 1 is 1.35 bits per heavy atom. The van der Waals surface area contributed by atoms with Crippen molar-refractivity contribution in [2.75, 3.05) is 12.4 Å². The van der Waals surface area contributed by atoms with E-state index >= 15 is 0 Å². The SMILES string of the molecule is COc1cccc(CNc2nc(C)ccc2C(N)=S)c1. The van der Waals surface area contributed by atoms with Crippen molar-refractivity contribution in [2.24, 2.45) is 5.73 Å². The van der Waals surface area contributed by atoms with Gasteiger partial charge in [0.1, 0.15) is 16.6 Å². The van der Waals surface area contributed by atoms with Gasteiger partial charge < -0.3 is 15.8 Å². The van der Waals surface area contributed by atoms with Gasteiger partial charge in [-0.3, -0.25) is 0 Å². The number of anilines is 1. The van der Waals surface area contributed by atoms with Crippen LogP contribution in [0.1, 0.15) is 16.8 Å². The number of rotatable bonds is 5. The minimum absolute atomic E-state index is 0.339. The quantitative estimate of drug-likeness (QED) is 0.828. The number of aromatic nitrogens is 1. The van der Waals surface area contributed by atoms with Crippen LogP contribution in [0.25, 0.3) is 0 Å². The lowest BCUT2D eigenvalue weighted by Crippen LogP contribution is -2.14. The molecule has 0 aliphatic rings. The summed E-state index contributed by atoms with van der Waals surface area (Å²) < 4.78 is 5.20. The van der Waals surface area contributed by atoms with Gasteiger partial charge in [-0.05, 0) is 36.8 Å². The van der Waals surface area contributed by atoms with E-state index in [-0.39, 0.29) is 0 Å². The highest BCUT2D eigenvalue weighted by atomic mass is 32.1. The van der Waals surface area contributed by atoms with Crippen LogP contribution in [0.2, 0.25) is 0 Å². The maximum Gasteiger partial charge on any atom is 0.136 e. The monoisotopic (exact) mass is 287 g/mol. The zero-order chi connectivity index (χ0) is 14.5. The molecular weight excluding hydrogens is 270 g/mol. The summed E-state index contributed by atoms with van der Waals surface area (Å²) in [6.45, 7) is 2.56. The summed E-state index contributed by atoms with van der Waals surface area (Å²) in [5.74, 6) is 1.54. The molecule has 2 aromatic rings. The Hall–Kier alpha value is -2.14. The molecule has 0 saturated carbocycles. The second-order valence-corrected chi connectivity index (χ2v) is 4.86. The van der Waals surface area contributed by atoms with Gasteiger partial charge in [-0.1, -0.05) is 24.4 Å². The third-order valence-electron chi connectivity index (χ3n) is 2.89. The molecule has 1 aromatic heterocycles. The lowest BCUT2D eigenvalue weighted by molar-refractivity contribution is 0.414. The lowest BCUT2D eigenvalue weighted by Gasteiger charge is -2.11. The van der Waals surface area contributed by atoms with E-state index in [1.54, 1.807) is 7.11 Å². The highest BCUT2D eigenvalue weighted by molar-refractivity contribution is 7.80. The number of benzene rings is 1. The fourth-order valence-corrected chi connectivity index (χ4v) is 2.02. The summed E-state index contributed by atoms with van der Waals surface area (Å²) in [5, 5.41) is 3.27. The third-order valence-corrected chi connectivity index (χ3v) is 3.11. The maximum atomic E-state index is 5.71. The van der Waals surface area contributed by atoms with Crippen molar-refractivity contribution < 1.29 is 4.74 Å². The van der Waals surface area contributed by atoms with Gasteiger partial charge in [0.15, 0.2) is 0 Å². The minimum atomic E-state index is 0.339. The Morgan fingerprint density at radius 2 is 2.15 bits per heavy atom. The predicted octanol–water partition coefficient (Wildman–Crippen LogP) is 2.64. The Balaban J connectivity index is 2.17. The van der Waals surface area contributed by atoms with E-state index in [4.69, 9.17) is 22.7 Å². The molecule has 0 radical (unpaired) electrons. The van der Waals surface area contributed by atoms with Crippen molar-refractivity contribution in [3.8, 4) is 5.75 Å². The molecule has 2 rings (SSSR count). The van der Waals surface area contributed by atoms with Crippen molar-refractivity contribution in [3.63, 3.8) is 0 Å². The van der Waals surface area contributed by atoms with Crippen LogP contribution in [-0.4, -0.2) is 17.1 Å². The number of ether oxygens (including phenoxy) is 1. The standard InChI is InChI=1S/C15H17N3OS/c1-10-6-7-13(14(16)20)15(18-10)17-9-11-4-3-5-12(8-11)19-2/h3-8H,9H2,1-2H3,(H2,16,20)(H,17,18). The molecule has 5 heteroatoms. The van der Waals surface area contributed by atoms with Crippen LogP contribution in [0, 0.1) is 6.92 Å². The summed E-state index contributed by atoms with van der Waals surface area (Å²) in [7, 11) is 1.65. The number of methoxy groups -OCH3 is 1. The number of thiocarbonyl (C=S) groups is 1. The molecule has 0 fully saturated rings. The van der Waals surface area contributed by atoms with Crippen molar-refractivity contribution >= 4 is 23.0 Å². The van der Waals surface area contributed by atoms with Gasteiger partial charge in [-0.2, -0.15) is 0 Å². The highest BCUT2D eigenvalue weighted by Gasteiger charge is 2.07. The van der Waals surface area contributed by atoms with Crippen LogP contribution in [0.5, 0.6) is 5.75 Å². The van der Waals surface area contributed by atoms with E-state index in [1.165, 1.54) is 0 Å². The van der Waals surface area contributed by atoms with E-state index in [9.17, 15) is 0 Å². The van der Waals surface area contributed by atoms with Crippen molar-refractivity contribution in [3.05, 3.63) is 53.2 Å². The predicted molar refractivity (Wildman–Crippen MR) is 85.2 cm³/mol. The van der Waals surface area contributed by atoms with Gasteiger partial charge in [0, 0.05) is 12.2 Å². The zero-order valence-corrected chi connectivity index (χ0v) is 12.3. The Labute approximate surface area is 124 Å². The normalized spacial score (nSPS) is 10.1. The number of nitrogens with two attached hydrogens (primary N) is 1. The molecule has 0 bridgehead atoms. The zero-order valence-electron chi connectivity index (χ0n) is 11.5. The molecule has 20 heavy (non-hydrogen) atoms. The molecule has 0 aliphatic carbocycles. The summed E-state index contributed by atoms with van der Waals surface area (Å²) >= 11 is 5.04.